The Bertz CT molecular complexity index is 2180. The lowest BCUT2D eigenvalue weighted by atomic mass is 9.86. The molecule has 1 aromatic heterocycles. The summed E-state index contributed by atoms with van der Waals surface area (Å²) < 4.78 is 50.2. The number of rotatable bonds is 12. The van der Waals surface area contributed by atoms with Gasteiger partial charge in [-0.1, -0.05) is 45.0 Å². The van der Waals surface area contributed by atoms with Gasteiger partial charge in [-0.3, -0.25) is 4.57 Å². The Balaban J connectivity index is 1.39. The number of nitrogens with zero attached hydrogens (tertiary/aromatic N) is 1. The van der Waals surface area contributed by atoms with Crippen molar-refractivity contribution in [3.05, 3.63) is 84.6 Å². The number of nitrogens with one attached hydrogen (secondary N) is 4. The highest BCUT2D eigenvalue weighted by atomic mass is 32.2. The molecule has 52 heavy (non-hydrogen) atoms. The molecule has 0 aliphatic rings. The van der Waals surface area contributed by atoms with Gasteiger partial charge in [-0.15, -0.1) is 0 Å². The number of benzene rings is 4. The van der Waals surface area contributed by atoms with Crippen LogP contribution in [0.5, 0.6) is 28.7 Å². The van der Waals surface area contributed by atoms with Crippen molar-refractivity contribution in [1.29, 1.82) is 0 Å². The van der Waals surface area contributed by atoms with E-state index in [-0.39, 0.29) is 22.2 Å². The molecule has 2 unspecified atom stereocenters. The van der Waals surface area contributed by atoms with Crippen molar-refractivity contribution >= 4 is 69.0 Å². The molecule has 274 valence electrons. The van der Waals surface area contributed by atoms with Gasteiger partial charge < -0.3 is 44.5 Å². The maximum atomic E-state index is 13.5. The molecule has 0 radical (unpaired) electrons. The standard InChI is InChI=1S/C37H42N5O8PS/c1-37(2,3)22-17-28(34(49-6)29(18-22)42-52(8)46)41-36(43)40-27-13-14-30(26-12-10-9-11-25(26)27)50-24-15-16-38-33(21-24)39-23-19-31(47-4)35(51(7,44)45)32(20-23)48-5/h9-21,42H,1-8H3,(H,38,39)(H,44,45)(H2,40,41,43). The van der Waals surface area contributed by atoms with E-state index in [1.54, 1.807) is 42.6 Å². The summed E-state index contributed by atoms with van der Waals surface area (Å²) in [6.07, 6.45) is 3.10. The quantitative estimate of drug-likeness (QED) is 0.0790. The van der Waals surface area contributed by atoms with E-state index in [9.17, 15) is 18.5 Å². The predicted molar refractivity (Wildman–Crippen MR) is 208 cm³/mol. The summed E-state index contributed by atoms with van der Waals surface area (Å²) in [4.78, 5) is 28.1. The monoisotopic (exact) mass is 747 g/mol. The van der Waals surface area contributed by atoms with Gasteiger partial charge in [0.05, 0.1) is 38.4 Å². The fourth-order valence-corrected chi connectivity index (χ4v) is 7.13. The van der Waals surface area contributed by atoms with Crippen LogP contribution in [0.1, 0.15) is 26.3 Å². The Labute approximate surface area is 305 Å². The van der Waals surface area contributed by atoms with Gasteiger partial charge in [-0.05, 0) is 41.3 Å². The first-order chi connectivity index (χ1) is 24.6. The zero-order valence-corrected chi connectivity index (χ0v) is 31.8. The van der Waals surface area contributed by atoms with E-state index >= 15 is 0 Å². The molecule has 0 fully saturated rings. The van der Waals surface area contributed by atoms with E-state index in [2.05, 4.69) is 25.7 Å². The van der Waals surface area contributed by atoms with Crippen LogP contribution in [-0.2, 0) is 21.0 Å². The normalized spacial score (nSPS) is 13.0. The van der Waals surface area contributed by atoms with Crippen molar-refractivity contribution in [3.63, 3.8) is 0 Å². The van der Waals surface area contributed by atoms with E-state index in [1.807, 2.05) is 57.2 Å². The molecule has 5 rings (SSSR count). The number of fused-ring (bicyclic) bond motifs is 1. The number of aromatic nitrogens is 1. The van der Waals surface area contributed by atoms with Crippen LogP contribution in [0.4, 0.5) is 33.4 Å². The molecule has 15 heteroatoms. The first-order valence-corrected chi connectivity index (χ1v) is 19.7. The minimum Gasteiger partial charge on any atom is -0.496 e. The molecular weight excluding hydrogens is 705 g/mol. The summed E-state index contributed by atoms with van der Waals surface area (Å²) >= 11 is 0. The van der Waals surface area contributed by atoms with Crippen LogP contribution in [0.2, 0.25) is 0 Å². The average Bonchev–Trinajstić information content (AvgIpc) is 3.07. The number of methoxy groups -OCH3 is 3. The van der Waals surface area contributed by atoms with Gasteiger partial charge in [-0.2, -0.15) is 0 Å². The van der Waals surface area contributed by atoms with Crippen LogP contribution in [0.25, 0.3) is 10.8 Å². The lowest BCUT2D eigenvalue weighted by Gasteiger charge is -2.24. The Morgan fingerprint density at radius 3 is 2.06 bits per heavy atom. The van der Waals surface area contributed by atoms with Gasteiger partial charge in [0.25, 0.3) is 0 Å². The molecule has 1 heterocycles. The van der Waals surface area contributed by atoms with Crippen molar-refractivity contribution in [2.45, 2.75) is 26.2 Å². The largest absolute Gasteiger partial charge is 0.496 e. The lowest BCUT2D eigenvalue weighted by molar-refractivity contribution is 0.262. The molecule has 0 saturated heterocycles. The zero-order chi connectivity index (χ0) is 37.8. The maximum Gasteiger partial charge on any atom is 0.323 e. The summed E-state index contributed by atoms with van der Waals surface area (Å²) in [6, 6.07) is 20.8. The summed E-state index contributed by atoms with van der Waals surface area (Å²) in [7, 11) is -0.751. The van der Waals surface area contributed by atoms with Crippen LogP contribution in [0, 0.1) is 0 Å². The number of anilines is 5. The second-order valence-corrected chi connectivity index (χ2v) is 16.2. The van der Waals surface area contributed by atoms with Gasteiger partial charge in [0.1, 0.15) is 45.1 Å². The third-order valence-corrected chi connectivity index (χ3v) is 9.70. The highest BCUT2D eigenvalue weighted by Crippen LogP contribution is 2.44. The number of pyridine rings is 1. The third-order valence-electron chi connectivity index (χ3n) is 7.92. The predicted octanol–water partition coefficient (Wildman–Crippen LogP) is 7.97. The molecule has 5 aromatic rings. The topological polar surface area (TPSA) is 169 Å². The highest BCUT2D eigenvalue weighted by molar-refractivity contribution is 7.85. The first kappa shape index (κ1) is 37.9. The van der Waals surface area contributed by atoms with E-state index < -0.39 is 24.4 Å². The lowest BCUT2D eigenvalue weighted by Crippen LogP contribution is -2.21. The van der Waals surface area contributed by atoms with E-state index in [0.717, 1.165) is 16.3 Å². The van der Waals surface area contributed by atoms with E-state index in [4.69, 9.17) is 18.9 Å². The minimum atomic E-state index is -3.70. The highest BCUT2D eigenvalue weighted by Gasteiger charge is 2.26. The molecule has 0 aliphatic carbocycles. The molecule has 0 spiro atoms. The van der Waals surface area contributed by atoms with Crippen LogP contribution in [-0.4, -0.2) is 54.4 Å². The smallest absolute Gasteiger partial charge is 0.323 e. The van der Waals surface area contributed by atoms with Crippen molar-refractivity contribution < 1.29 is 37.4 Å². The number of urea groups is 1. The second-order valence-electron chi connectivity index (χ2n) is 12.9. The Kier molecular flexibility index (Phi) is 11.3. The number of carbonyl (C=O) groups excluding carboxylic acids is 1. The zero-order valence-electron chi connectivity index (χ0n) is 30.1. The number of carbonyl (C=O) groups is 1. The van der Waals surface area contributed by atoms with Gasteiger partial charge in [0.15, 0.2) is 5.75 Å². The molecule has 5 N–H and O–H groups in total. The number of hydrogen-bond acceptors (Lipinski definition) is 9. The summed E-state index contributed by atoms with van der Waals surface area (Å²) in [5, 5.41) is 10.6. The Hall–Kier alpha value is -5.30. The second kappa shape index (κ2) is 15.5. The number of hydrogen-bond donors (Lipinski definition) is 5. The molecule has 0 bridgehead atoms. The third kappa shape index (κ3) is 8.76. The summed E-state index contributed by atoms with van der Waals surface area (Å²) in [5.41, 5.74) is 2.62. The maximum absolute atomic E-state index is 13.5. The van der Waals surface area contributed by atoms with Crippen molar-refractivity contribution in [3.8, 4) is 28.7 Å². The molecule has 2 amide bonds. The fourth-order valence-electron chi connectivity index (χ4n) is 5.54. The minimum absolute atomic E-state index is 0.0852. The van der Waals surface area contributed by atoms with Crippen molar-refractivity contribution in [2.24, 2.45) is 0 Å². The Morgan fingerprint density at radius 1 is 0.827 bits per heavy atom. The van der Waals surface area contributed by atoms with Gasteiger partial charge in [0, 0.05) is 53.8 Å². The number of ether oxygens (including phenoxy) is 4. The van der Waals surface area contributed by atoms with Crippen LogP contribution < -0.4 is 44.9 Å². The van der Waals surface area contributed by atoms with Crippen LogP contribution in [0.15, 0.2) is 79.0 Å². The van der Waals surface area contributed by atoms with Gasteiger partial charge >= 0.3 is 6.03 Å². The Morgan fingerprint density at radius 2 is 1.46 bits per heavy atom. The van der Waals surface area contributed by atoms with Crippen LogP contribution in [0.3, 0.4) is 0 Å². The molecule has 13 nitrogen and oxygen atoms in total. The van der Waals surface area contributed by atoms with Gasteiger partial charge in [0.2, 0.25) is 7.37 Å². The molecular formula is C37H42N5O8PS. The summed E-state index contributed by atoms with van der Waals surface area (Å²) in [5.74, 6) is 2.20. The van der Waals surface area contributed by atoms with Crippen LogP contribution >= 0.6 is 7.37 Å². The van der Waals surface area contributed by atoms with Gasteiger partial charge in [-0.25, -0.2) is 14.0 Å². The molecule has 0 saturated carbocycles. The first-order valence-electron chi connectivity index (χ1n) is 16.0. The molecule has 4 aromatic carbocycles. The average molecular weight is 748 g/mol. The van der Waals surface area contributed by atoms with E-state index in [1.165, 1.54) is 34.2 Å². The SMILES string of the molecule is COc1cc(Nc2cc(Oc3ccc(NC(=O)Nc4cc(C(C)(C)C)cc(NS(C)=O)c4OC)c4ccccc34)ccn2)cc(OC)c1P(C)(=O)O. The van der Waals surface area contributed by atoms with Crippen molar-refractivity contribution in [1.82, 2.24) is 4.98 Å². The fraction of sp³-hybridized carbons (Fsp3) is 0.243. The number of amides is 2. The molecule has 0 aliphatic heterocycles. The van der Waals surface area contributed by atoms with Crippen molar-refractivity contribution in [2.75, 3.05) is 54.9 Å². The summed E-state index contributed by atoms with van der Waals surface area (Å²) in [6.45, 7) is 7.36. The molecule has 2 atom stereocenters. The van der Waals surface area contributed by atoms with E-state index in [0.29, 0.717) is 45.8 Å².